The van der Waals surface area contributed by atoms with Crippen LogP contribution in [0.25, 0.3) is 0 Å². The zero-order valence-electron chi connectivity index (χ0n) is 19.5. The molecular weight excluding hydrogens is 435 g/mol. The summed E-state index contributed by atoms with van der Waals surface area (Å²) in [4.78, 5) is 11.7. The Labute approximate surface area is 198 Å². The van der Waals surface area contributed by atoms with Crippen molar-refractivity contribution in [2.45, 2.75) is 45.1 Å². The topological polar surface area (TPSA) is 54.0 Å². The molecule has 0 spiro atoms. The molecule has 1 aliphatic carbocycles. The molecule has 1 heterocycles. The molecule has 0 bridgehead atoms. The third kappa shape index (κ3) is 4.09. The maximum absolute atomic E-state index is 14.9. The molecule has 0 amide bonds. The molecule has 3 aromatic carbocycles. The Morgan fingerprint density at radius 2 is 1.91 bits per heavy atom. The molecule has 0 fully saturated rings. The number of hydrogen-bond donors (Lipinski definition) is 0. The molecule has 0 saturated carbocycles. The average molecular weight is 463 g/mol. The summed E-state index contributed by atoms with van der Waals surface area (Å²) >= 11 is 0. The van der Waals surface area contributed by atoms with Gasteiger partial charge in [-0.3, -0.25) is 4.79 Å². The average Bonchev–Trinajstić information content (AvgIpc) is 3.42. The van der Waals surface area contributed by atoms with Crippen molar-refractivity contribution in [1.82, 2.24) is 0 Å². The third-order valence-electron chi connectivity index (χ3n) is 6.64. The van der Waals surface area contributed by atoms with E-state index in [-0.39, 0.29) is 24.1 Å². The van der Waals surface area contributed by atoms with Crippen molar-refractivity contribution >= 4 is 5.97 Å². The molecule has 5 rings (SSSR count). The molecule has 0 aromatic heterocycles. The number of methoxy groups -OCH3 is 1. The fraction of sp³-hybridized carbons (Fsp3) is 0.321. The van der Waals surface area contributed by atoms with Crippen molar-refractivity contribution in [3.63, 3.8) is 0 Å². The van der Waals surface area contributed by atoms with Crippen LogP contribution in [-0.2, 0) is 16.0 Å². The van der Waals surface area contributed by atoms with E-state index in [1.807, 2.05) is 50.2 Å². The third-order valence-corrected chi connectivity index (χ3v) is 6.64. The van der Waals surface area contributed by atoms with Gasteiger partial charge >= 0.3 is 5.97 Å². The van der Waals surface area contributed by atoms with Gasteiger partial charge in [-0.15, -0.1) is 0 Å². The molecular formula is C28H27FO5. The van der Waals surface area contributed by atoms with Crippen LogP contribution in [0.3, 0.4) is 0 Å². The number of fused-ring (bicyclic) bond motifs is 2. The summed E-state index contributed by atoms with van der Waals surface area (Å²) in [6.45, 7) is 4.43. The first-order valence-electron chi connectivity index (χ1n) is 11.5. The molecule has 0 saturated heterocycles. The summed E-state index contributed by atoms with van der Waals surface area (Å²) in [5.74, 6) is 2.18. The molecule has 2 atom stereocenters. The Morgan fingerprint density at radius 1 is 1.12 bits per heavy atom. The number of carbonyl (C=O) groups is 1. The monoisotopic (exact) mass is 462 g/mol. The van der Waals surface area contributed by atoms with Crippen LogP contribution in [0.15, 0.2) is 48.5 Å². The largest absolute Gasteiger partial charge is 0.492 e. The van der Waals surface area contributed by atoms with E-state index in [0.29, 0.717) is 42.3 Å². The van der Waals surface area contributed by atoms with Gasteiger partial charge in [0.1, 0.15) is 34.9 Å². The van der Waals surface area contributed by atoms with E-state index in [4.69, 9.17) is 18.9 Å². The first-order chi connectivity index (χ1) is 16.4. The van der Waals surface area contributed by atoms with Gasteiger partial charge in [-0.05, 0) is 56.0 Å². The zero-order valence-corrected chi connectivity index (χ0v) is 19.5. The Kier molecular flexibility index (Phi) is 5.90. The van der Waals surface area contributed by atoms with E-state index >= 15 is 0 Å². The van der Waals surface area contributed by atoms with Crippen molar-refractivity contribution in [2.75, 3.05) is 13.7 Å². The zero-order chi connectivity index (χ0) is 23.8. The number of ether oxygens (including phenoxy) is 4. The highest BCUT2D eigenvalue weighted by molar-refractivity contribution is 5.71. The first kappa shape index (κ1) is 22.3. The number of hydrogen-bond acceptors (Lipinski definition) is 5. The summed E-state index contributed by atoms with van der Waals surface area (Å²) in [7, 11) is 1.38. The number of esters is 1. The lowest BCUT2D eigenvalue weighted by Crippen LogP contribution is -2.09. The maximum Gasteiger partial charge on any atom is 0.306 e. The standard InChI is InChI=1S/C28H27FO5/c1-16-5-4-6-17(2)28(16)34-23-12-10-22(29)27-21(23)9-11-24(27)33-19-7-8-20-18(13-26(30)31-3)15-32-25(20)14-19/h4-8,10,12,14,18,24H,9,11,13,15H2,1-3H3/t18-,24-/m1/s1. The molecule has 0 unspecified atom stereocenters. The number of benzene rings is 3. The predicted octanol–water partition coefficient (Wildman–Crippen LogP) is 6.34. The molecule has 0 radical (unpaired) electrons. The van der Waals surface area contributed by atoms with E-state index in [9.17, 15) is 9.18 Å². The highest BCUT2D eigenvalue weighted by Crippen LogP contribution is 2.45. The lowest BCUT2D eigenvalue weighted by molar-refractivity contribution is -0.141. The van der Waals surface area contributed by atoms with Crippen LogP contribution < -0.4 is 14.2 Å². The maximum atomic E-state index is 14.9. The second-order valence-corrected chi connectivity index (χ2v) is 8.89. The van der Waals surface area contributed by atoms with Gasteiger partial charge in [0.2, 0.25) is 0 Å². The Morgan fingerprint density at radius 3 is 2.68 bits per heavy atom. The van der Waals surface area contributed by atoms with E-state index in [2.05, 4.69) is 0 Å². The van der Waals surface area contributed by atoms with E-state index in [1.165, 1.54) is 13.2 Å². The van der Waals surface area contributed by atoms with E-state index < -0.39 is 6.10 Å². The van der Waals surface area contributed by atoms with E-state index in [1.54, 1.807) is 6.07 Å². The van der Waals surface area contributed by atoms with Crippen molar-refractivity contribution < 1.29 is 28.1 Å². The quantitative estimate of drug-likeness (QED) is 0.400. The summed E-state index contributed by atoms with van der Waals surface area (Å²) in [6, 6.07) is 14.7. The van der Waals surface area contributed by atoms with Crippen molar-refractivity contribution in [3.8, 4) is 23.0 Å². The Hall–Kier alpha value is -3.54. The van der Waals surface area contributed by atoms with Crippen LogP contribution in [0.4, 0.5) is 4.39 Å². The lowest BCUT2D eigenvalue weighted by Gasteiger charge is -2.18. The minimum absolute atomic E-state index is 0.0363. The smallest absolute Gasteiger partial charge is 0.306 e. The summed E-state index contributed by atoms with van der Waals surface area (Å²) in [5.41, 5.74) is 4.43. The fourth-order valence-electron chi connectivity index (χ4n) is 4.87. The van der Waals surface area contributed by atoms with Crippen LogP contribution in [-0.4, -0.2) is 19.7 Å². The molecule has 34 heavy (non-hydrogen) atoms. The molecule has 3 aromatic rings. The second-order valence-electron chi connectivity index (χ2n) is 8.89. The molecule has 6 heteroatoms. The van der Waals surface area contributed by atoms with Gasteiger partial charge in [-0.25, -0.2) is 4.39 Å². The SMILES string of the molecule is COC(=O)C[C@@H]1COc2cc(O[C@@H]3CCc4c(Oc5c(C)cccc5C)ccc(F)c43)ccc21. The highest BCUT2D eigenvalue weighted by atomic mass is 19.1. The number of halogens is 1. The summed E-state index contributed by atoms with van der Waals surface area (Å²) in [5, 5.41) is 0. The lowest BCUT2D eigenvalue weighted by atomic mass is 9.98. The van der Waals surface area contributed by atoms with Gasteiger partial charge in [0.25, 0.3) is 0 Å². The van der Waals surface area contributed by atoms with Crippen LogP contribution in [0.1, 0.15) is 52.7 Å². The van der Waals surface area contributed by atoms with Crippen molar-refractivity contribution in [2.24, 2.45) is 0 Å². The fourth-order valence-corrected chi connectivity index (χ4v) is 4.87. The predicted molar refractivity (Wildman–Crippen MR) is 125 cm³/mol. The van der Waals surface area contributed by atoms with Crippen molar-refractivity contribution in [3.05, 3.63) is 82.2 Å². The van der Waals surface area contributed by atoms with E-state index in [0.717, 1.165) is 28.0 Å². The van der Waals surface area contributed by atoms with Gasteiger partial charge in [-0.2, -0.15) is 0 Å². The molecule has 1 aliphatic heterocycles. The molecule has 5 nitrogen and oxygen atoms in total. The Bertz CT molecular complexity index is 1230. The highest BCUT2D eigenvalue weighted by Gasteiger charge is 2.32. The second kappa shape index (κ2) is 9.01. The Balaban J connectivity index is 1.38. The van der Waals surface area contributed by atoms with Crippen LogP contribution >= 0.6 is 0 Å². The van der Waals surface area contributed by atoms with Gasteiger partial charge < -0.3 is 18.9 Å². The molecule has 2 aliphatic rings. The van der Waals surface area contributed by atoms with Crippen LogP contribution in [0.2, 0.25) is 0 Å². The summed E-state index contributed by atoms with van der Waals surface area (Å²) in [6.07, 6.45) is 1.18. The number of para-hydroxylation sites is 1. The number of carbonyl (C=O) groups excluding carboxylic acids is 1. The van der Waals surface area contributed by atoms with Gasteiger partial charge in [0.05, 0.1) is 20.1 Å². The van der Waals surface area contributed by atoms with Crippen LogP contribution in [0.5, 0.6) is 23.0 Å². The van der Waals surface area contributed by atoms with Gasteiger partial charge in [0.15, 0.2) is 0 Å². The summed E-state index contributed by atoms with van der Waals surface area (Å²) < 4.78 is 38.0. The van der Waals surface area contributed by atoms with Crippen molar-refractivity contribution in [1.29, 1.82) is 0 Å². The minimum Gasteiger partial charge on any atom is -0.492 e. The first-order valence-corrected chi connectivity index (χ1v) is 11.5. The minimum atomic E-state index is -0.415. The molecule has 176 valence electrons. The number of rotatable bonds is 6. The van der Waals surface area contributed by atoms with Gasteiger partial charge in [0, 0.05) is 28.7 Å². The normalized spacial score (nSPS) is 18.1. The van der Waals surface area contributed by atoms with Crippen LogP contribution in [0, 0.1) is 19.7 Å². The number of aryl methyl sites for hydroxylation is 2. The molecule has 0 N–H and O–H groups in total. The van der Waals surface area contributed by atoms with Gasteiger partial charge in [-0.1, -0.05) is 24.3 Å².